The summed E-state index contributed by atoms with van der Waals surface area (Å²) in [6.45, 7) is 2.94. The Morgan fingerprint density at radius 2 is 2.06 bits per heavy atom. The zero-order chi connectivity index (χ0) is 13.0. The molecule has 2 rings (SSSR count). The first kappa shape index (κ1) is 12.6. The first-order valence-corrected chi connectivity index (χ1v) is 6.32. The standard InChI is InChI=1S/C14H18N2O2/c1-2-3-4-13-15-9-14(18)16(13)10-11-5-7-12(17)8-6-11/h5-8,17H,2-4,9-10H2,1H3. The molecule has 0 atom stereocenters. The Kier molecular flexibility index (Phi) is 3.97. The number of aromatic hydroxyl groups is 1. The van der Waals surface area contributed by atoms with Crippen molar-refractivity contribution in [1.82, 2.24) is 4.90 Å². The summed E-state index contributed by atoms with van der Waals surface area (Å²) in [4.78, 5) is 17.8. The Balaban J connectivity index is 2.04. The number of amides is 1. The van der Waals surface area contributed by atoms with Crippen LogP contribution >= 0.6 is 0 Å². The van der Waals surface area contributed by atoms with E-state index >= 15 is 0 Å². The minimum Gasteiger partial charge on any atom is -0.508 e. The van der Waals surface area contributed by atoms with Gasteiger partial charge in [0.1, 0.15) is 18.1 Å². The van der Waals surface area contributed by atoms with Gasteiger partial charge in [0.2, 0.25) is 5.91 Å². The molecule has 0 radical (unpaired) electrons. The van der Waals surface area contributed by atoms with Crippen molar-refractivity contribution in [3.8, 4) is 5.75 Å². The summed E-state index contributed by atoms with van der Waals surface area (Å²) in [6, 6.07) is 6.94. The molecule has 0 spiro atoms. The predicted octanol–water partition coefficient (Wildman–Crippen LogP) is 2.32. The molecule has 0 fully saturated rings. The fraction of sp³-hybridized carbons (Fsp3) is 0.429. The van der Waals surface area contributed by atoms with Gasteiger partial charge in [0, 0.05) is 6.42 Å². The molecule has 0 saturated carbocycles. The first-order valence-electron chi connectivity index (χ1n) is 6.32. The highest BCUT2D eigenvalue weighted by atomic mass is 16.3. The number of aliphatic imine (C=N–C) groups is 1. The minimum atomic E-state index is 0.0641. The highest BCUT2D eigenvalue weighted by Gasteiger charge is 2.24. The molecule has 4 nitrogen and oxygen atoms in total. The number of carbonyl (C=O) groups is 1. The van der Waals surface area contributed by atoms with Crippen molar-refractivity contribution in [2.24, 2.45) is 4.99 Å². The Bertz CT molecular complexity index is 451. The molecule has 1 N–H and O–H groups in total. The molecule has 0 saturated heterocycles. The molecular weight excluding hydrogens is 228 g/mol. The number of hydrogen-bond acceptors (Lipinski definition) is 3. The lowest BCUT2D eigenvalue weighted by molar-refractivity contribution is -0.125. The SMILES string of the molecule is CCCCC1=NCC(=O)N1Cc1ccc(O)cc1. The van der Waals surface area contributed by atoms with E-state index in [1.54, 1.807) is 17.0 Å². The van der Waals surface area contributed by atoms with Crippen LogP contribution in [0.5, 0.6) is 5.75 Å². The van der Waals surface area contributed by atoms with Crippen molar-refractivity contribution < 1.29 is 9.90 Å². The molecule has 4 heteroatoms. The second kappa shape index (κ2) is 5.67. The van der Waals surface area contributed by atoms with E-state index in [9.17, 15) is 9.90 Å². The van der Waals surface area contributed by atoms with Crippen LogP contribution < -0.4 is 0 Å². The van der Waals surface area contributed by atoms with E-state index in [2.05, 4.69) is 11.9 Å². The van der Waals surface area contributed by atoms with Gasteiger partial charge in [0.05, 0.1) is 6.54 Å². The summed E-state index contributed by atoms with van der Waals surface area (Å²) in [5.41, 5.74) is 1.01. The number of nitrogens with zero attached hydrogens (tertiary/aromatic N) is 2. The highest BCUT2D eigenvalue weighted by Crippen LogP contribution is 2.16. The third-order valence-electron chi connectivity index (χ3n) is 3.04. The summed E-state index contributed by atoms with van der Waals surface area (Å²) in [5.74, 6) is 1.20. The van der Waals surface area contributed by atoms with Gasteiger partial charge in [-0.15, -0.1) is 0 Å². The van der Waals surface area contributed by atoms with Gasteiger partial charge in [0.15, 0.2) is 0 Å². The van der Waals surface area contributed by atoms with E-state index in [1.807, 2.05) is 12.1 Å². The number of hydrogen-bond donors (Lipinski definition) is 1. The van der Waals surface area contributed by atoms with Crippen LogP contribution in [0, 0.1) is 0 Å². The van der Waals surface area contributed by atoms with Crippen molar-refractivity contribution in [1.29, 1.82) is 0 Å². The van der Waals surface area contributed by atoms with Crippen LogP contribution in [0.4, 0.5) is 0 Å². The summed E-state index contributed by atoms with van der Waals surface area (Å²) >= 11 is 0. The maximum absolute atomic E-state index is 11.8. The summed E-state index contributed by atoms with van der Waals surface area (Å²) < 4.78 is 0. The monoisotopic (exact) mass is 246 g/mol. The molecule has 18 heavy (non-hydrogen) atoms. The number of carbonyl (C=O) groups excluding carboxylic acids is 1. The summed E-state index contributed by atoms with van der Waals surface area (Å²) in [7, 11) is 0. The lowest BCUT2D eigenvalue weighted by atomic mass is 10.2. The molecule has 0 aliphatic carbocycles. The molecule has 1 aromatic carbocycles. The van der Waals surface area contributed by atoms with E-state index in [1.165, 1.54) is 0 Å². The maximum Gasteiger partial charge on any atom is 0.249 e. The first-order chi connectivity index (χ1) is 8.70. The number of rotatable bonds is 5. The average molecular weight is 246 g/mol. The molecule has 0 aromatic heterocycles. The van der Waals surface area contributed by atoms with E-state index < -0.39 is 0 Å². The van der Waals surface area contributed by atoms with Gasteiger partial charge in [0.25, 0.3) is 0 Å². The van der Waals surface area contributed by atoms with E-state index in [-0.39, 0.29) is 18.2 Å². The smallest absolute Gasteiger partial charge is 0.249 e. The fourth-order valence-electron chi connectivity index (χ4n) is 1.99. The molecule has 1 aliphatic rings. The molecule has 1 aromatic rings. The van der Waals surface area contributed by atoms with Crippen LogP contribution in [0.25, 0.3) is 0 Å². The summed E-state index contributed by atoms with van der Waals surface area (Å²) in [6.07, 6.45) is 3.01. The van der Waals surface area contributed by atoms with E-state index in [4.69, 9.17) is 0 Å². The molecule has 0 unspecified atom stereocenters. The minimum absolute atomic E-state index is 0.0641. The highest BCUT2D eigenvalue weighted by molar-refractivity contribution is 6.03. The van der Waals surface area contributed by atoms with Gasteiger partial charge < -0.3 is 5.11 Å². The Morgan fingerprint density at radius 3 is 2.72 bits per heavy atom. The van der Waals surface area contributed by atoms with Crippen molar-refractivity contribution in [2.75, 3.05) is 6.54 Å². The van der Waals surface area contributed by atoms with Crippen molar-refractivity contribution in [2.45, 2.75) is 32.7 Å². The van der Waals surface area contributed by atoms with Gasteiger partial charge >= 0.3 is 0 Å². The third-order valence-corrected chi connectivity index (χ3v) is 3.04. The average Bonchev–Trinajstić information content (AvgIpc) is 2.71. The molecule has 1 aliphatic heterocycles. The number of phenols is 1. The van der Waals surface area contributed by atoms with Crippen LogP contribution in [0.15, 0.2) is 29.3 Å². The number of unbranched alkanes of at least 4 members (excludes halogenated alkanes) is 1. The molecule has 96 valence electrons. The second-order valence-electron chi connectivity index (χ2n) is 4.48. The third kappa shape index (κ3) is 2.88. The van der Waals surface area contributed by atoms with Crippen LogP contribution in [0.2, 0.25) is 0 Å². The molecular formula is C14H18N2O2. The largest absolute Gasteiger partial charge is 0.508 e. The predicted molar refractivity (Wildman–Crippen MR) is 70.5 cm³/mol. The van der Waals surface area contributed by atoms with Crippen LogP contribution in [-0.2, 0) is 11.3 Å². The van der Waals surface area contributed by atoms with Gasteiger partial charge in [-0.05, 0) is 24.1 Å². The van der Waals surface area contributed by atoms with Gasteiger partial charge in [-0.3, -0.25) is 14.7 Å². The van der Waals surface area contributed by atoms with Crippen LogP contribution in [0.3, 0.4) is 0 Å². The summed E-state index contributed by atoms with van der Waals surface area (Å²) in [5, 5.41) is 9.23. The molecule has 0 bridgehead atoms. The lowest BCUT2D eigenvalue weighted by Crippen LogP contribution is -2.31. The zero-order valence-corrected chi connectivity index (χ0v) is 10.6. The van der Waals surface area contributed by atoms with Gasteiger partial charge in [-0.2, -0.15) is 0 Å². The number of benzene rings is 1. The van der Waals surface area contributed by atoms with E-state index in [0.29, 0.717) is 6.54 Å². The van der Waals surface area contributed by atoms with E-state index in [0.717, 1.165) is 30.7 Å². The topological polar surface area (TPSA) is 52.9 Å². The number of phenolic OH excluding ortho intramolecular Hbond substituents is 1. The Hall–Kier alpha value is -1.84. The van der Waals surface area contributed by atoms with Gasteiger partial charge in [-0.1, -0.05) is 25.5 Å². The molecule has 1 heterocycles. The quantitative estimate of drug-likeness (QED) is 0.866. The van der Waals surface area contributed by atoms with Crippen LogP contribution in [0.1, 0.15) is 31.7 Å². The number of amidine groups is 1. The van der Waals surface area contributed by atoms with Crippen molar-refractivity contribution in [3.63, 3.8) is 0 Å². The fourth-order valence-corrected chi connectivity index (χ4v) is 1.99. The zero-order valence-electron chi connectivity index (χ0n) is 10.6. The Morgan fingerprint density at radius 1 is 1.33 bits per heavy atom. The molecule has 1 amide bonds. The van der Waals surface area contributed by atoms with Gasteiger partial charge in [-0.25, -0.2) is 0 Å². The van der Waals surface area contributed by atoms with Crippen LogP contribution in [-0.4, -0.2) is 28.3 Å². The Labute approximate surface area is 107 Å². The second-order valence-corrected chi connectivity index (χ2v) is 4.48. The normalized spacial score (nSPS) is 15.1. The van der Waals surface area contributed by atoms with Crippen molar-refractivity contribution in [3.05, 3.63) is 29.8 Å². The lowest BCUT2D eigenvalue weighted by Gasteiger charge is -2.18. The maximum atomic E-state index is 11.8. The van der Waals surface area contributed by atoms with Crippen molar-refractivity contribution >= 4 is 11.7 Å².